The standard InChI is InChI=1S/C12H16BrN/c13-11-4-1-3-10(9-11)5-8-12(14)6-2-7-12/h1,3-4,9H,2,5-8,14H2. The van der Waals surface area contributed by atoms with Crippen molar-refractivity contribution < 1.29 is 0 Å². The normalized spacial score (nSPS) is 19.0. The molecule has 1 nitrogen and oxygen atoms in total. The van der Waals surface area contributed by atoms with Crippen molar-refractivity contribution in [2.75, 3.05) is 0 Å². The molecule has 2 rings (SSSR count). The van der Waals surface area contributed by atoms with Crippen LogP contribution in [0, 0.1) is 0 Å². The molecule has 0 amide bonds. The van der Waals surface area contributed by atoms with Crippen LogP contribution in [0.5, 0.6) is 0 Å². The molecule has 2 N–H and O–H groups in total. The summed E-state index contributed by atoms with van der Waals surface area (Å²) in [6, 6.07) is 8.50. The number of rotatable bonds is 3. The molecule has 0 unspecified atom stereocenters. The highest BCUT2D eigenvalue weighted by atomic mass is 79.9. The topological polar surface area (TPSA) is 26.0 Å². The third-order valence-corrected chi connectivity index (χ3v) is 3.64. The Bertz CT molecular complexity index is 318. The predicted molar refractivity (Wildman–Crippen MR) is 63.2 cm³/mol. The number of nitrogens with two attached hydrogens (primary N) is 1. The molecule has 2 heteroatoms. The van der Waals surface area contributed by atoms with Crippen LogP contribution in [0.4, 0.5) is 0 Å². The number of hydrogen-bond donors (Lipinski definition) is 1. The van der Waals surface area contributed by atoms with Gasteiger partial charge in [0.25, 0.3) is 0 Å². The van der Waals surface area contributed by atoms with Crippen LogP contribution in [-0.2, 0) is 6.42 Å². The van der Waals surface area contributed by atoms with E-state index in [0.29, 0.717) is 0 Å². The van der Waals surface area contributed by atoms with E-state index < -0.39 is 0 Å². The molecule has 1 aromatic carbocycles. The molecule has 0 aromatic heterocycles. The Morgan fingerprint density at radius 2 is 2.14 bits per heavy atom. The molecule has 0 bridgehead atoms. The molecule has 1 saturated carbocycles. The molecular formula is C12H16BrN. The summed E-state index contributed by atoms with van der Waals surface area (Å²) >= 11 is 3.48. The van der Waals surface area contributed by atoms with E-state index in [1.807, 2.05) is 0 Å². The first kappa shape index (κ1) is 10.2. The summed E-state index contributed by atoms with van der Waals surface area (Å²) in [6.07, 6.45) is 5.97. The van der Waals surface area contributed by atoms with Crippen molar-refractivity contribution in [3.63, 3.8) is 0 Å². The quantitative estimate of drug-likeness (QED) is 0.880. The van der Waals surface area contributed by atoms with Crippen LogP contribution in [0.1, 0.15) is 31.2 Å². The van der Waals surface area contributed by atoms with Crippen molar-refractivity contribution in [1.29, 1.82) is 0 Å². The summed E-state index contributed by atoms with van der Waals surface area (Å²) in [5.74, 6) is 0. The highest BCUT2D eigenvalue weighted by molar-refractivity contribution is 9.10. The summed E-state index contributed by atoms with van der Waals surface area (Å²) in [7, 11) is 0. The van der Waals surface area contributed by atoms with E-state index in [-0.39, 0.29) is 5.54 Å². The van der Waals surface area contributed by atoms with Crippen LogP contribution in [0.15, 0.2) is 28.7 Å². The lowest BCUT2D eigenvalue weighted by Gasteiger charge is -2.38. The van der Waals surface area contributed by atoms with Crippen LogP contribution in [0.2, 0.25) is 0 Å². The summed E-state index contributed by atoms with van der Waals surface area (Å²) in [5, 5.41) is 0. The minimum Gasteiger partial charge on any atom is -0.325 e. The van der Waals surface area contributed by atoms with Gasteiger partial charge >= 0.3 is 0 Å². The lowest BCUT2D eigenvalue weighted by Crippen LogP contribution is -2.46. The smallest absolute Gasteiger partial charge is 0.0177 e. The van der Waals surface area contributed by atoms with E-state index in [1.54, 1.807) is 0 Å². The molecular weight excluding hydrogens is 238 g/mol. The van der Waals surface area contributed by atoms with Gasteiger partial charge in [0.15, 0.2) is 0 Å². The minimum atomic E-state index is 0.155. The van der Waals surface area contributed by atoms with Gasteiger partial charge in [-0.05, 0) is 49.8 Å². The predicted octanol–water partition coefficient (Wildman–Crippen LogP) is 3.26. The molecule has 0 radical (unpaired) electrons. The van der Waals surface area contributed by atoms with E-state index >= 15 is 0 Å². The fourth-order valence-electron chi connectivity index (χ4n) is 1.97. The van der Waals surface area contributed by atoms with Crippen LogP contribution >= 0.6 is 15.9 Å². The largest absolute Gasteiger partial charge is 0.325 e. The zero-order valence-electron chi connectivity index (χ0n) is 8.30. The first-order valence-electron chi connectivity index (χ1n) is 5.21. The van der Waals surface area contributed by atoms with Gasteiger partial charge in [0, 0.05) is 10.0 Å². The van der Waals surface area contributed by atoms with Crippen LogP contribution < -0.4 is 5.73 Å². The second-order valence-electron chi connectivity index (χ2n) is 4.35. The van der Waals surface area contributed by atoms with Crippen molar-refractivity contribution in [2.24, 2.45) is 5.73 Å². The fourth-order valence-corrected chi connectivity index (χ4v) is 2.41. The van der Waals surface area contributed by atoms with Gasteiger partial charge in [-0.1, -0.05) is 28.1 Å². The molecule has 76 valence electrons. The van der Waals surface area contributed by atoms with Crippen LogP contribution in [0.3, 0.4) is 0 Å². The molecule has 1 aliphatic rings. The van der Waals surface area contributed by atoms with Crippen molar-refractivity contribution in [3.8, 4) is 0 Å². The lowest BCUT2D eigenvalue weighted by atomic mass is 9.74. The number of aryl methyl sites for hydroxylation is 1. The number of hydrogen-bond acceptors (Lipinski definition) is 1. The average Bonchev–Trinajstić information content (AvgIpc) is 2.12. The zero-order chi connectivity index (χ0) is 10.0. The molecule has 0 aliphatic heterocycles. The maximum Gasteiger partial charge on any atom is 0.0177 e. The monoisotopic (exact) mass is 253 g/mol. The number of halogens is 1. The molecule has 0 atom stereocenters. The first-order valence-corrected chi connectivity index (χ1v) is 6.01. The van der Waals surface area contributed by atoms with Crippen molar-refractivity contribution >= 4 is 15.9 Å². The minimum absolute atomic E-state index is 0.155. The molecule has 1 aromatic rings. The Hall–Kier alpha value is -0.340. The van der Waals surface area contributed by atoms with Gasteiger partial charge < -0.3 is 5.73 Å². The highest BCUT2D eigenvalue weighted by Crippen LogP contribution is 2.33. The Morgan fingerprint density at radius 3 is 2.71 bits per heavy atom. The highest BCUT2D eigenvalue weighted by Gasteiger charge is 2.31. The summed E-state index contributed by atoms with van der Waals surface area (Å²) < 4.78 is 1.16. The summed E-state index contributed by atoms with van der Waals surface area (Å²) in [5.41, 5.74) is 7.72. The van der Waals surface area contributed by atoms with Gasteiger partial charge in [0.2, 0.25) is 0 Å². The van der Waals surface area contributed by atoms with Crippen molar-refractivity contribution in [2.45, 2.75) is 37.6 Å². The maximum absolute atomic E-state index is 6.18. The van der Waals surface area contributed by atoms with Gasteiger partial charge in [-0.2, -0.15) is 0 Å². The molecule has 1 fully saturated rings. The van der Waals surface area contributed by atoms with Gasteiger partial charge in [0.05, 0.1) is 0 Å². The van der Waals surface area contributed by atoms with Crippen LogP contribution in [-0.4, -0.2) is 5.54 Å². The Labute approximate surface area is 93.8 Å². The van der Waals surface area contributed by atoms with Gasteiger partial charge in [-0.25, -0.2) is 0 Å². The van der Waals surface area contributed by atoms with Gasteiger partial charge in [-0.15, -0.1) is 0 Å². The first-order chi connectivity index (χ1) is 6.68. The second-order valence-corrected chi connectivity index (χ2v) is 5.26. The molecule has 14 heavy (non-hydrogen) atoms. The van der Waals surface area contributed by atoms with E-state index in [2.05, 4.69) is 40.2 Å². The molecule has 0 saturated heterocycles. The van der Waals surface area contributed by atoms with Crippen LogP contribution in [0.25, 0.3) is 0 Å². The Balaban J connectivity index is 1.91. The lowest BCUT2D eigenvalue weighted by molar-refractivity contribution is 0.232. The maximum atomic E-state index is 6.18. The van der Waals surface area contributed by atoms with E-state index in [1.165, 1.54) is 24.8 Å². The summed E-state index contributed by atoms with van der Waals surface area (Å²) in [6.45, 7) is 0. The molecule has 0 spiro atoms. The van der Waals surface area contributed by atoms with E-state index in [9.17, 15) is 0 Å². The third-order valence-electron chi connectivity index (χ3n) is 3.15. The Morgan fingerprint density at radius 1 is 1.36 bits per heavy atom. The Kier molecular flexibility index (Phi) is 2.93. The average molecular weight is 254 g/mol. The van der Waals surface area contributed by atoms with Gasteiger partial charge in [0.1, 0.15) is 0 Å². The zero-order valence-corrected chi connectivity index (χ0v) is 9.89. The van der Waals surface area contributed by atoms with Crippen molar-refractivity contribution in [1.82, 2.24) is 0 Å². The van der Waals surface area contributed by atoms with E-state index in [0.717, 1.165) is 17.3 Å². The molecule has 0 heterocycles. The van der Waals surface area contributed by atoms with Crippen molar-refractivity contribution in [3.05, 3.63) is 34.3 Å². The fraction of sp³-hybridized carbons (Fsp3) is 0.500. The third kappa shape index (κ3) is 2.37. The SMILES string of the molecule is NC1(CCc2cccc(Br)c2)CCC1. The van der Waals surface area contributed by atoms with E-state index in [4.69, 9.17) is 5.73 Å². The van der Waals surface area contributed by atoms with Gasteiger partial charge in [-0.3, -0.25) is 0 Å². The number of benzene rings is 1. The summed E-state index contributed by atoms with van der Waals surface area (Å²) in [4.78, 5) is 0. The second kappa shape index (κ2) is 4.03. The molecule has 1 aliphatic carbocycles.